The van der Waals surface area contributed by atoms with E-state index < -0.39 is 38.3 Å². The molecule has 43 heavy (non-hydrogen) atoms. The van der Waals surface area contributed by atoms with Crippen LogP contribution in [0, 0.1) is 11.3 Å². The second-order valence-corrected chi connectivity index (χ2v) is 12.5. The van der Waals surface area contributed by atoms with Crippen LogP contribution in [0.2, 0.25) is 0 Å². The molecule has 0 amide bonds. The monoisotopic (exact) mass is 625 g/mol. The summed E-state index contributed by atoms with van der Waals surface area (Å²) in [5.41, 5.74) is 4.30. The average Bonchev–Trinajstić information content (AvgIpc) is 3.54. The van der Waals surface area contributed by atoms with Crippen LogP contribution in [0.1, 0.15) is 96.1 Å². The van der Waals surface area contributed by atoms with E-state index in [1.165, 1.54) is 81.1 Å². The number of nitrogens with two attached hydrogens (primary N) is 1. The van der Waals surface area contributed by atoms with Crippen LogP contribution in [0.15, 0.2) is 18.5 Å². The quantitative estimate of drug-likeness (QED) is 0.107. The van der Waals surface area contributed by atoms with E-state index in [1.807, 2.05) is 6.07 Å². The fourth-order valence-electron chi connectivity index (χ4n) is 5.24. The lowest BCUT2D eigenvalue weighted by molar-refractivity contribution is -0.0643. The first-order chi connectivity index (χ1) is 20.8. The van der Waals surface area contributed by atoms with Crippen molar-refractivity contribution in [3.63, 3.8) is 0 Å². The highest BCUT2D eigenvalue weighted by Gasteiger charge is 2.58. The van der Waals surface area contributed by atoms with Crippen LogP contribution in [0.5, 0.6) is 0 Å². The summed E-state index contributed by atoms with van der Waals surface area (Å²) >= 11 is 0. The predicted molar refractivity (Wildman–Crippen MR) is 160 cm³/mol. The highest BCUT2D eigenvalue weighted by molar-refractivity contribution is 7.47. The van der Waals surface area contributed by atoms with E-state index in [-0.39, 0.29) is 18.1 Å². The van der Waals surface area contributed by atoms with Gasteiger partial charge in [-0.05, 0) is 25.0 Å². The molecular weight excluding hydrogens is 577 g/mol. The number of aliphatic hydroxyl groups is 2. The number of aromatic nitrogens is 3. The fourth-order valence-corrected chi connectivity index (χ4v) is 6.01. The molecule has 3 heterocycles. The Balaban J connectivity index is 1.28. The number of hydrogen-bond acceptors (Lipinski definition) is 11. The second-order valence-electron chi connectivity index (χ2n) is 11.1. The molecule has 1 saturated heterocycles. The molecule has 13 nitrogen and oxygen atoms in total. The van der Waals surface area contributed by atoms with Crippen LogP contribution in [0.3, 0.4) is 0 Å². The van der Waals surface area contributed by atoms with Crippen LogP contribution in [-0.2, 0) is 28.7 Å². The van der Waals surface area contributed by atoms with Crippen molar-refractivity contribution in [2.45, 2.75) is 114 Å². The molecule has 1 fully saturated rings. The Morgan fingerprint density at radius 3 is 2.28 bits per heavy atom. The van der Waals surface area contributed by atoms with Gasteiger partial charge in [-0.1, -0.05) is 77.6 Å². The number of hydrogen-bond donors (Lipinski definition) is 4. The number of nitriles is 1. The molecule has 0 saturated carbocycles. The number of aliphatic hydroxyl groups excluding tert-OH is 2. The molecule has 0 bridgehead atoms. The lowest BCUT2D eigenvalue weighted by atomic mass is 9.92. The summed E-state index contributed by atoms with van der Waals surface area (Å²) in [6, 6.07) is 4.92. The van der Waals surface area contributed by atoms with Crippen molar-refractivity contribution in [1.82, 2.24) is 14.6 Å². The van der Waals surface area contributed by atoms with Crippen molar-refractivity contribution in [3.05, 3.63) is 24.2 Å². The summed E-state index contributed by atoms with van der Waals surface area (Å²) in [6.07, 6.45) is 12.3. The van der Waals surface area contributed by atoms with Crippen molar-refractivity contribution < 1.29 is 38.2 Å². The minimum atomic E-state index is -4.49. The first kappa shape index (κ1) is 35.3. The van der Waals surface area contributed by atoms with Crippen LogP contribution in [0.25, 0.3) is 5.52 Å². The van der Waals surface area contributed by atoms with Crippen molar-refractivity contribution in [2.75, 3.05) is 32.2 Å². The van der Waals surface area contributed by atoms with Gasteiger partial charge in [-0.15, -0.1) is 0 Å². The summed E-state index contributed by atoms with van der Waals surface area (Å²) in [7, 11) is -4.49. The number of phosphoric ester groups is 1. The molecule has 2 aromatic rings. The second kappa shape index (κ2) is 18.0. The summed E-state index contributed by atoms with van der Waals surface area (Å²) in [4.78, 5) is 14.0. The zero-order valence-corrected chi connectivity index (χ0v) is 26.1. The van der Waals surface area contributed by atoms with Gasteiger partial charge in [-0.2, -0.15) is 10.4 Å². The Morgan fingerprint density at radius 2 is 1.63 bits per heavy atom. The largest absolute Gasteiger partial charge is 0.472 e. The molecule has 5 atom stereocenters. The van der Waals surface area contributed by atoms with Gasteiger partial charge in [-0.25, -0.2) is 14.1 Å². The summed E-state index contributed by atoms with van der Waals surface area (Å²) in [6.45, 7) is 2.60. The number of fused-ring (bicyclic) bond motifs is 1. The van der Waals surface area contributed by atoms with Crippen LogP contribution < -0.4 is 5.73 Å². The molecule has 1 aliphatic rings. The van der Waals surface area contributed by atoms with E-state index in [0.29, 0.717) is 25.2 Å². The zero-order valence-electron chi connectivity index (χ0n) is 25.2. The smallest absolute Gasteiger partial charge is 0.387 e. The molecule has 0 radical (unpaired) electrons. The van der Waals surface area contributed by atoms with Gasteiger partial charge in [0, 0.05) is 13.2 Å². The predicted octanol–water partition coefficient (Wildman–Crippen LogP) is 4.39. The van der Waals surface area contributed by atoms with Crippen molar-refractivity contribution in [2.24, 2.45) is 0 Å². The van der Waals surface area contributed by atoms with Gasteiger partial charge in [0.25, 0.3) is 0 Å². The van der Waals surface area contributed by atoms with Crippen LogP contribution >= 0.6 is 7.82 Å². The highest BCUT2D eigenvalue weighted by atomic mass is 31.2. The molecule has 2 aromatic heterocycles. The van der Waals surface area contributed by atoms with Crippen molar-refractivity contribution >= 4 is 19.2 Å². The Morgan fingerprint density at radius 1 is 1.00 bits per heavy atom. The third-order valence-electron chi connectivity index (χ3n) is 7.72. The summed E-state index contributed by atoms with van der Waals surface area (Å²) < 4.78 is 35.0. The number of nitrogen functional groups attached to an aromatic ring is 1. The molecule has 3 rings (SSSR count). The first-order valence-corrected chi connectivity index (χ1v) is 17.0. The SMILES string of the molecule is CCCCCCCCCCCCCCOCCCOP(=O)(O)OC[C@H]1O[C@@](C#N)(c2ccc3c(N)ncnn23)[C@H](O)[C@@H]1O. The van der Waals surface area contributed by atoms with E-state index in [2.05, 4.69) is 17.0 Å². The van der Waals surface area contributed by atoms with Gasteiger partial charge in [0.2, 0.25) is 5.60 Å². The van der Waals surface area contributed by atoms with Gasteiger partial charge >= 0.3 is 7.82 Å². The Kier molecular flexibility index (Phi) is 14.8. The first-order valence-electron chi connectivity index (χ1n) is 15.5. The third kappa shape index (κ3) is 10.2. The summed E-state index contributed by atoms with van der Waals surface area (Å²) in [5.74, 6) is 0.148. The third-order valence-corrected chi connectivity index (χ3v) is 8.70. The maximum atomic E-state index is 12.4. The van der Waals surface area contributed by atoms with Gasteiger partial charge in [0.15, 0.2) is 5.82 Å². The highest BCUT2D eigenvalue weighted by Crippen LogP contribution is 2.46. The molecule has 5 N–H and O–H groups in total. The molecule has 0 aliphatic carbocycles. The lowest BCUT2D eigenvalue weighted by Gasteiger charge is -2.24. The van der Waals surface area contributed by atoms with Gasteiger partial charge in [0.1, 0.15) is 36.2 Å². The molecule has 14 heteroatoms. The number of rotatable bonds is 22. The number of phosphoric acid groups is 1. The minimum Gasteiger partial charge on any atom is -0.387 e. The van der Waals surface area contributed by atoms with E-state index in [4.69, 9.17) is 24.3 Å². The number of anilines is 1. The molecular formula is C29H48N5O8P. The van der Waals surface area contributed by atoms with E-state index in [1.54, 1.807) is 6.07 Å². The minimum absolute atomic E-state index is 0.0671. The van der Waals surface area contributed by atoms with E-state index in [9.17, 15) is 24.9 Å². The molecule has 0 aromatic carbocycles. The fraction of sp³-hybridized carbons (Fsp3) is 0.759. The molecule has 1 aliphatic heterocycles. The molecule has 0 spiro atoms. The van der Waals surface area contributed by atoms with Crippen LogP contribution in [-0.4, -0.2) is 74.4 Å². The van der Waals surface area contributed by atoms with Gasteiger partial charge in [-0.3, -0.25) is 9.05 Å². The lowest BCUT2D eigenvalue weighted by Crippen LogP contribution is -2.41. The normalized spacial score (nSPS) is 23.5. The summed E-state index contributed by atoms with van der Waals surface area (Å²) in [5, 5.41) is 35.3. The van der Waals surface area contributed by atoms with Crippen molar-refractivity contribution in [3.8, 4) is 6.07 Å². The molecule has 242 valence electrons. The van der Waals surface area contributed by atoms with Gasteiger partial charge < -0.3 is 30.3 Å². The van der Waals surface area contributed by atoms with E-state index >= 15 is 0 Å². The standard InChI is InChI=1S/C29H48N5O8P/c1-2-3-4-5-6-7-8-9-10-11-12-13-17-39-18-14-19-40-43(37,38)41-20-24-26(35)27(36)29(21-30,42-24)25-16-15-23-28(31)32-22-33-34(23)25/h15-16,22,24,26-27,35-36H,2-14,17-20H2,1H3,(H,37,38)(H2,31,32,33)/t24-,26-,27-,29+/m1/s1. The number of ether oxygens (including phenoxy) is 2. The number of unbranched alkanes of at least 4 members (excludes halogenated alkanes) is 11. The topological polar surface area (TPSA) is 195 Å². The van der Waals surface area contributed by atoms with Crippen LogP contribution in [0.4, 0.5) is 5.82 Å². The van der Waals surface area contributed by atoms with Crippen molar-refractivity contribution in [1.29, 1.82) is 5.26 Å². The average molecular weight is 626 g/mol. The Hall–Kier alpha value is -2.14. The number of nitrogens with zero attached hydrogens (tertiary/aromatic N) is 4. The maximum Gasteiger partial charge on any atom is 0.472 e. The Bertz CT molecular complexity index is 1190. The maximum absolute atomic E-state index is 12.4. The Labute approximate surface area is 253 Å². The van der Waals surface area contributed by atoms with E-state index in [0.717, 1.165) is 12.8 Å². The zero-order chi connectivity index (χ0) is 31.1. The van der Waals surface area contributed by atoms with Gasteiger partial charge in [0.05, 0.1) is 18.9 Å². The molecule has 1 unspecified atom stereocenters.